The summed E-state index contributed by atoms with van der Waals surface area (Å²) in [6, 6.07) is 5.87. The van der Waals surface area contributed by atoms with Crippen molar-refractivity contribution in [2.45, 2.75) is 13.8 Å². The Hall–Kier alpha value is -2.77. The first kappa shape index (κ1) is 19.6. The quantitative estimate of drug-likeness (QED) is 0.427. The largest absolute Gasteiger partial charge is 0.462 e. The smallest absolute Gasteiger partial charge is 0.348 e. The number of nitro groups is 1. The van der Waals surface area contributed by atoms with E-state index < -0.39 is 16.8 Å². The zero-order valence-electron chi connectivity index (χ0n) is 13.7. The molecule has 10 heteroatoms. The average molecular weight is 438 g/mol. The molecule has 8 nitrogen and oxygen atoms in total. The number of rotatable bonds is 5. The molecule has 1 N–H and O–H groups in total. The fraction of sp³-hybridized carbons (Fsp3) is 0.188. The van der Waals surface area contributed by atoms with Gasteiger partial charge in [0.15, 0.2) is 0 Å². The van der Waals surface area contributed by atoms with E-state index in [1.54, 1.807) is 13.8 Å². The number of esters is 1. The van der Waals surface area contributed by atoms with Crippen LogP contribution in [-0.2, 0) is 4.74 Å². The van der Waals surface area contributed by atoms with Gasteiger partial charge in [0.05, 0.1) is 21.6 Å². The minimum absolute atomic E-state index is 0.0486. The number of amides is 1. The monoisotopic (exact) mass is 437 g/mol. The molecule has 26 heavy (non-hydrogen) atoms. The van der Waals surface area contributed by atoms with E-state index in [1.807, 2.05) is 6.07 Å². The lowest BCUT2D eigenvalue weighted by molar-refractivity contribution is -0.385. The lowest BCUT2D eigenvalue weighted by Gasteiger charge is -2.04. The van der Waals surface area contributed by atoms with Crippen molar-refractivity contribution in [2.75, 3.05) is 11.9 Å². The Kier molecular flexibility index (Phi) is 6.07. The van der Waals surface area contributed by atoms with Crippen molar-refractivity contribution in [1.29, 1.82) is 5.26 Å². The van der Waals surface area contributed by atoms with E-state index in [2.05, 4.69) is 21.2 Å². The summed E-state index contributed by atoms with van der Waals surface area (Å²) in [4.78, 5) is 35.0. The maximum absolute atomic E-state index is 12.4. The second kappa shape index (κ2) is 8.07. The molecule has 0 fully saturated rings. The molecule has 0 aliphatic carbocycles. The van der Waals surface area contributed by atoms with Gasteiger partial charge in [0, 0.05) is 11.6 Å². The predicted molar refractivity (Wildman–Crippen MR) is 98.5 cm³/mol. The van der Waals surface area contributed by atoms with Crippen LogP contribution < -0.4 is 5.32 Å². The molecule has 1 aromatic heterocycles. The predicted octanol–water partition coefficient (Wildman–Crippen LogP) is 4.03. The van der Waals surface area contributed by atoms with Gasteiger partial charge in [-0.2, -0.15) is 5.26 Å². The summed E-state index contributed by atoms with van der Waals surface area (Å²) in [5.74, 6) is -1.21. The zero-order chi connectivity index (χ0) is 19.4. The first-order valence-corrected chi connectivity index (χ1v) is 8.87. The van der Waals surface area contributed by atoms with Crippen LogP contribution in [0.1, 0.15) is 38.1 Å². The van der Waals surface area contributed by atoms with Gasteiger partial charge < -0.3 is 10.1 Å². The second-order valence-electron chi connectivity index (χ2n) is 4.97. The molecular formula is C16H12BrN3O5S. The van der Waals surface area contributed by atoms with Crippen molar-refractivity contribution < 1.29 is 19.2 Å². The van der Waals surface area contributed by atoms with E-state index in [0.717, 1.165) is 17.4 Å². The molecule has 0 saturated heterocycles. The van der Waals surface area contributed by atoms with E-state index in [9.17, 15) is 25.0 Å². The van der Waals surface area contributed by atoms with Crippen LogP contribution in [0.5, 0.6) is 0 Å². The number of hydrogen-bond donors (Lipinski definition) is 1. The Labute approximate surface area is 160 Å². The van der Waals surface area contributed by atoms with Gasteiger partial charge in [0.1, 0.15) is 15.9 Å². The van der Waals surface area contributed by atoms with Gasteiger partial charge in [0.25, 0.3) is 11.6 Å². The first-order chi connectivity index (χ1) is 12.3. The number of nitro benzene ring substituents is 1. The standard InChI is InChI=1S/C16H12BrN3O5S/c1-3-25-16(22)13-8(2)10(7-18)15(26-13)19-14(21)9-4-5-11(17)12(6-9)20(23)24/h4-6H,3H2,1-2H3,(H,19,21). The van der Waals surface area contributed by atoms with E-state index in [1.165, 1.54) is 12.1 Å². The summed E-state index contributed by atoms with van der Waals surface area (Å²) in [5.41, 5.74) is 0.353. The normalized spacial score (nSPS) is 10.1. The molecular weight excluding hydrogens is 426 g/mol. The van der Waals surface area contributed by atoms with Crippen LogP contribution in [0.3, 0.4) is 0 Å². The molecule has 0 aliphatic heterocycles. The number of ether oxygens (including phenoxy) is 1. The topological polar surface area (TPSA) is 122 Å². The maximum atomic E-state index is 12.4. The third-order valence-corrected chi connectivity index (χ3v) is 5.21. The number of carbonyl (C=O) groups is 2. The summed E-state index contributed by atoms with van der Waals surface area (Å²) < 4.78 is 5.18. The molecule has 0 spiro atoms. The van der Waals surface area contributed by atoms with Crippen LogP contribution in [0.4, 0.5) is 10.7 Å². The summed E-state index contributed by atoms with van der Waals surface area (Å²) in [7, 11) is 0. The van der Waals surface area contributed by atoms with E-state index in [0.29, 0.717) is 5.56 Å². The average Bonchev–Trinajstić information content (AvgIpc) is 2.90. The van der Waals surface area contributed by atoms with Crippen LogP contribution >= 0.6 is 27.3 Å². The van der Waals surface area contributed by atoms with Crippen LogP contribution in [0.25, 0.3) is 0 Å². The highest BCUT2D eigenvalue weighted by atomic mass is 79.9. The number of nitriles is 1. The van der Waals surface area contributed by atoms with E-state index in [4.69, 9.17) is 4.74 Å². The molecule has 1 aromatic carbocycles. The molecule has 1 amide bonds. The van der Waals surface area contributed by atoms with Crippen molar-refractivity contribution in [3.8, 4) is 6.07 Å². The van der Waals surface area contributed by atoms with Crippen molar-refractivity contribution in [2.24, 2.45) is 0 Å². The van der Waals surface area contributed by atoms with Crippen molar-refractivity contribution >= 4 is 49.8 Å². The summed E-state index contributed by atoms with van der Waals surface area (Å²) >= 11 is 3.97. The highest BCUT2D eigenvalue weighted by molar-refractivity contribution is 9.10. The Morgan fingerprint density at radius 2 is 2.15 bits per heavy atom. The second-order valence-corrected chi connectivity index (χ2v) is 6.84. The Balaban J connectivity index is 2.37. The van der Waals surface area contributed by atoms with Crippen LogP contribution in [0.2, 0.25) is 0 Å². The number of nitrogens with one attached hydrogen (secondary N) is 1. The van der Waals surface area contributed by atoms with Gasteiger partial charge in [-0.05, 0) is 47.5 Å². The van der Waals surface area contributed by atoms with Crippen molar-refractivity contribution in [1.82, 2.24) is 0 Å². The Morgan fingerprint density at radius 1 is 1.46 bits per heavy atom. The fourth-order valence-electron chi connectivity index (χ4n) is 2.10. The minimum Gasteiger partial charge on any atom is -0.462 e. The summed E-state index contributed by atoms with van der Waals surface area (Å²) in [6.07, 6.45) is 0. The third kappa shape index (κ3) is 3.89. The summed E-state index contributed by atoms with van der Waals surface area (Å²) in [6.45, 7) is 3.43. The lowest BCUT2D eigenvalue weighted by atomic mass is 10.1. The number of halogens is 1. The molecule has 1 heterocycles. The van der Waals surface area contributed by atoms with Crippen molar-refractivity contribution in [3.05, 3.63) is 54.4 Å². The van der Waals surface area contributed by atoms with Crippen molar-refractivity contribution in [3.63, 3.8) is 0 Å². The molecule has 0 unspecified atom stereocenters. The number of nitrogens with zero attached hydrogens (tertiary/aromatic N) is 2. The molecule has 134 valence electrons. The maximum Gasteiger partial charge on any atom is 0.348 e. The molecule has 0 saturated carbocycles. The van der Waals surface area contributed by atoms with Gasteiger partial charge in [-0.15, -0.1) is 11.3 Å². The molecule has 2 aromatic rings. The number of anilines is 1. The van der Waals surface area contributed by atoms with Gasteiger partial charge >= 0.3 is 5.97 Å². The highest BCUT2D eigenvalue weighted by Crippen LogP contribution is 2.34. The minimum atomic E-state index is -0.631. The Morgan fingerprint density at radius 3 is 2.73 bits per heavy atom. The number of thiophene rings is 1. The number of benzene rings is 1. The van der Waals surface area contributed by atoms with E-state index in [-0.39, 0.29) is 37.8 Å². The third-order valence-electron chi connectivity index (χ3n) is 3.35. The SMILES string of the molecule is CCOC(=O)c1sc(NC(=O)c2ccc(Br)c([N+](=O)[O-])c2)c(C#N)c1C. The molecule has 0 bridgehead atoms. The first-order valence-electron chi connectivity index (χ1n) is 7.26. The van der Waals surface area contributed by atoms with Crippen LogP contribution in [0, 0.1) is 28.4 Å². The molecule has 0 aliphatic rings. The molecule has 0 atom stereocenters. The van der Waals surface area contributed by atoms with Gasteiger partial charge in [0.2, 0.25) is 0 Å². The molecule has 0 radical (unpaired) electrons. The zero-order valence-corrected chi connectivity index (χ0v) is 16.1. The Bertz CT molecular complexity index is 948. The summed E-state index contributed by atoms with van der Waals surface area (Å²) in [5, 5.41) is 23.0. The highest BCUT2D eigenvalue weighted by Gasteiger charge is 2.23. The van der Waals surface area contributed by atoms with Gasteiger partial charge in [-0.1, -0.05) is 0 Å². The lowest BCUT2D eigenvalue weighted by Crippen LogP contribution is -2.12. The van der Waals surface area contributed by atoms with Crippen LogP contribution in [-0.4, -0.2) is 23.4 Å². The molecule has 2 rings (SSSR count). The van der Waals surface area contributed by atoms with E-state index >= 15 is 0 Å². The van der Waals surface area contributed by atoms with Gasteiger partial charge in [-0.25, -0.2) is 4.79 Å². The number of hydrogen-bond acceptors (Lipinski definition) is 7. The number of carbonyl (C=O) groups excluding carboxylic acids is 2. The fourth-order valence-corrected chi connectivity index (χ4v) is 3.53. The van der Waals surface area contributed by atoms with Crippen LogP contribution in [0.15, 0.2) is 22.7 Å². The van der Waals surface area contributed by atoms with Gasteiger partial charge in [-0.3, -0.25) is 14.9 Å².